The molecule has 0 bridgehead atoms. The predicted octanol–water partition coefficient (Wildman–Crippen LogP) is 2.65. The molecular formula is C13H19NO2. The fourth-order valence-corrected chi connectivity index (χ4v) is 1.83. The molecule has 1 aliphatic carbocycles. The van der Waals surface area contributed by atoms with Gasteiger partial charge in [0.1, 0.15) is 0 Å². The Balaban J connectivity index is 2.28. The van der Waals surface area contributed by atoms with Gasteiger partial charge in [-0.25, -0.2) is 0 Å². The van der Waals surface area contributed by atoms with E-state index in [4.69, 9.17) is 15.2 Å². The van der Waals surface area contributed by atoms with Gasteiger partial charge in [-0.1, -0.05) is 12.1 Å². The fourth-order valence-electron chi connectivity index (χ4n) is 1.83. The molecular weight excluding hydrogens is 202 g/mol. The highest BCUT2D eigenvalue weighted by atomic mass is 16.5. The van der Waals surface area contributed by atoms with Gasteiger partial charge >= 0.3 is 0 Å². The molecule has 1 unspecified atom stereocenters. The molecule has 0 radical (unpaired) electrons. The third-order valence-electron chi connectivity index (χ3n) is 3.06. The SMILES string of the molecule is COc1cccc(C(C)N)c1OC1CCC1. The molecule has 3 heteroatoms. The van der Waals surface area contributed by atoms with Crippen molar-refractivity contribution in [2.24, 2.45) is 5.73 Å². The number of hydrogen-bond acceptors (Lipinski definition) is 3. The molecule has 1 aromatic carbocycles. The summed E-state index contributed by atoms with van der Waals surface area (Å²) in [4.78, 5) is 0. The number of benzene rings is 1. The van der Waals surface area contributed by atoms with E-state index in [0.717, 1.165) is 29.9 Å². The minimum absolute atomic E-state index is 0.0369. The number of nitrogens with two attached hydrogens (primary N) is 1. The van der Waals surface area contributed by atoms with E-state index in [9.17, 15) is 0 Å². The Hall–Kier alpha value is -1.22. The van der Waals surface area contributed by atoms with E-state index in [1.165, 1.54) is 6.42 Å². The molecule has 2 N–H and O–H groups in total. The van der Waals surface area contributed by atoms with E-state index in [0.29, 0.717) is 6.10 Å². The monoisotopic (exact) mass is 221 g/mol. The summed E-state index contributed by atoms with van der Waals surface area (Å²) >= 11 is 0. The Labute approximate surface area is 96.5 Å². The van der Waals surface area contributed by atoms with Crippen molar-refractivity contribution < 1.29 is 9.47 Å². The van der Waals surface area contributed by atoms with Crippen molar-refractivity contribution in [2.45, 2.75) is 38.3 Å². The Morgan fingerprint density at radius 3 is 2.62 bits per heavy atom. The number of rotatable bonds is 4. The lowest BCUT2D eigenvalue weighted by atomic mass is 9.96. The molecule has 0 saturated heterocycles. The van der Waals surface area contributed by atoms with Crippen molar-refractivity contribution in [1.29, 1.82) is 0 Å². The van der Waals surface area contributed by atoms with Crippen molar-refractivity contribution in [1.82, 2.24) is 0 Å². The molecule has 16 heavy (non-hydrogen) atoms. The van der Waals surface area contributed by atoms with Crippen molar-refractivity contribution in [2.75, 3.05) is 7.11 Å². The van der Waals surface area contributed by atoms with Gasteiger partial charge in [-0.15, -0.1) is 0 Å². The highest BCUT2D eigenvalue weighted by Gasteiger charge is 2.23. The molecule has 0 amide bonds. The number of para-hydroxylation sites is 1. The van der Waals surface area contributed by atoms with Crippen LogP contribution in [0.5, 0.6) is 11.5 Å². The smallest absolute Gasteiger partial charge is 0.166 e. The summed E-state index contributed by atoms with van der Waals surface area (Å²) in [7, 11) is 1.66. The number of methoxy groups -OCH3 is 1. The molecule has 1 aliphatic rings. The molecule has 2 rings (SSSR count). The number of hydrogen-bond donors (Lipinski definition) is 1. The van der Waals surface area contributed by atoms with E-state index < -0.39 is 0 Å². The molecule has 1 saturated carbocycles. The average Bonchev–Trinajstić information content (AvgIpc) is 2.22. The van der Waals surface area contributed by atoms with Gasteiger partial charge < -0.3 is 15.2 Å². The molecule has 1 fully saturated rings. The second-order valence-corrected chi connectivity index (χ2v) is 4.34. The molecule has 88 valence electrons. The maximum absolute atomic E-state index is 5.96. The van der Waals surface area contributed by atoms with E-state index in [2.05, 4.69) is 0 Å². The first kappa shape index (κ1) is 11.3. The van der Waals surface area contributed by atoms with Crippen LogP contribution in [0.2, 0.25) is 0 Å². The lowest BCUT2D eigenvalue weighted by molar-refractivity contribution is 0.114. The molecule has 0 aliphatic heterocycles. The van der Waals surface area contributed by atoms with Gasteiger partial charge in [-0.05, 0) is 32.3 Å². The largest absolute Gasteiger partial charge is 0.493 e. The van der Waals surface area contributed by atoms with Crippen LogP contribution in [0.1, 0.15) is 37.8 Å². The van der Waals surface area contributed by atoms with Crippen LogP contribution in [0.15, 0.2) is 18.2 Å². The number of ether oxygens (including phenoxy) is 2. The second kappa shape index (κ2) is 4.74. The summed E-state index contributed by atoms with van der Waals surface area (Å²) in [6, 6.07) is 5.83. The summed E-state index contributed by atoms with van der Waals surface area (Å²) < 4.78 is 11.3. The van der Waals surface area contributed by atoms with Crippen LogP contribution in [-0.4, -0.2) is 13.2 Å². The van der Waals surface area contributed by atoms with E-state index in [1.807, 2.05) is 25.1 Å². The van der Waals surface area contributed by atoms with E-state index >= 15 is 0 Å². The quantitative estimate of drug-likeness (QED) is 0.850. The summed E-state index contributed by atoms with van der Waals surface area (Å²) in [6.07, 6.45) is 3.87. The predicted molar refractivity (Wildman–Crippen MR) is 63.9 cm³/mol. The van der Waals surface area contributed by atoms with E-state index in [1.54, 1.807) is 7.11 Å². The summed E-state index contributed by atoms with van der Waals surface area (Å²) in [5, 5.41) is 0. The van der Waals surface area contributed by atoms with E-state index in [-0.39, 0.29) is 6.04 Å². The fraction of sp³-hybridized carbons (Fsp3) is 0.538. The molecule has 3 nitrogen and oxygen atoms in total. The zero-order valence-corrected chi connectivity index (χ0v) is 9.90. The molecule has 1 aromatic rings. The maximum atomic E-state index is 5.96. The van der Waals surface area contributed by atoms with Crippen molar-refractivity contribution in [3.8, 4) is 11.5 Å². The Kier molecular flexibility index (Phi) is 3.34. The Morgan fingerprint density at radius 1 is 1.38 bits per heavy atom. The van der Waals surface area contributed by atoms with Gasteiger partial charge in [0.2, 0.25) is 0 Å². The van der Waals surface area contributed by atoms with Gasteiger partial charge in [-0.3, -0.25) is 0 Å². The van der Waals surface area contributed by atoms with Crippen molar-refractivity contribution in [3.63, 3.8) is 0 Å². The molecule has 0 spiro atoms. The lowest BCUT2D eigenvalue weighted by Crippen LogP contribution is -2.25. The van der Waals surface area contributed by atoms with Gasteiger partial charge in [0, 0.05) is 11.6 Å². The summed E-state index contributed by atoms with van der Waals surface area (Å²) in [5.41, 5.74) is 6.96. The second-order valence-electron chi connectivity index (χ2n) is 4.34. The van der Waals surface area contributed by atoms with Gasteiger partial charge in [-0.2, -0.15) is 0 Å². The standard InChI is InChI=1S/C13H19NO2/c1-9(14)11-7-4-8-12(15-2)13(11)16-10-5-3-6-10/h4,7-10H,3,5-6,14H2,1-2H3. The average molecular weight is 221 g/mol. The molecule has 0 heterocycles. The normalized spacial score (nSPS) is 17.7. The lowest BCUT2D eigenvalue weighted by Gasteiger charge is -2.29. The highest BCUT2D eigenvalue weighted by molar-refractivity contribution is 5.48. The maximum Gasteiger partial charge on any atom is 0.166 e. The third-order valence-corrected chi connectivity index (χ3v) is 3.06. The van der Waals surface area contributed by atoms with Gasteiger partial charge in [0.15, 0.2) is 11.5 Å². The first-order chi connectivity index (χ1) is 7.72. The van der Waals surface area contributed by atoms with Gasteiger partial charge in [0.05, 0.1) is 13.2 Å². The minimum atomic E-state index is -0.0369. The van der Waals surface area contributed by atoms with Crippen LogP contribution in [-0.2, 0) is 0 Å². The van der Waals surface area contributed by atoms with Crippen LogP contribution in [0, 0.1) is 0 Å². The van der Waals surface area contributed by atoms with Crippen LogP contribution in [0.3, 0.4) is 0 Å². The van der Waals surface area contributed by atoms with Gasteiger partial charge in [0.25, 0.3) is 0 Å². The first-order valence-corrected chi connectivity index (χ1v) is 5.81. The first-order valence-electron chi connectivity index (χ1n) is 5.81. The third kappa shape index (κ3) is 2.14. The van der Waals surface area contributed by atoms with Crippen LogP contribution >= 0.6 is 0 Å². The summed E-state index contributed by atoms with van der Waals surface area (Å²) in [5.74, 6) is 1.60. The Bertz CT molecular complexity index is 359. The zero-order chi connectivity index (χ0) is 11.5. The molecule has 1 atom stereocenters. The van der Waals surface area contributed by atoms with Crippen molar-refractivity contribution in [3.05, 3.63) is 23.8 Å². The van der Waals surface area contributed by atoms with Crippen LogP contribution < -0.4 is 15.2 Å². The summed E-state index contributed by atoms with van der Waals surface area (Å²) in [6.45, 7) is 1.96. The molecule has 0 aromatic heterocycles. The Morgan fingerprint density at radius 2 is 2.12 bits per heavy atom. The minimum Gasteiger partial charge on any atom is -0.493 e. The zero-order valence-electron chi connectivity index (χ0n) is 9.90. The van der Waals surface area contributed by atoms with Crippen LogP contribution in [0.4, 0.5) is 0 Å². The highest BCUT2D eigenvalue weighted by Crippen LogP contribution is 2.37. The topological polar surface area (TPSA) is 44.5 Å². The van der Waals surface area contributed by atoms with Crippen LogP contribution in [0.25, 0.3) is 0 Å². The van der Waals surface area contributed by atoms with Crippen molar-refractivity contribution >= 4 is 0 Å².